The second-order valence-corrected chi connectivity index (χ2v) is 7.10. The first-order valence-electron chi connectivity index (χ1n) is 7.18. The summed E-state index contributed by atoms with van der Waals surface area (Å²) in [4.78, 5) is 4.71. The molecule has 4 nitrogen and oxygen atoms in total. The van der Waals surface area contributed by atoms with E-state index in [0.29, 0.717) is 10.6 Å². The maximum atomic E-state index is 6.12. The van der Waals surface area contributed by atoms with Crippen molar-refractivity contribution in [2.75, 3.05) is 6.26 Å². The molecule has 0 aliphatic heterocycles. The van der Waals surface area contributed by atoms with Gasteiger partial charge in [-0.2, -0.15) is 16.9 Å². The van der Waals surface area contributed by atoms with Gasteiger partial charge in [-0.15, -0.1) is 11.6 Å². The van der Waals surface area contributed by atoms with Crippen LogP contribution in [0.5, 0.6) is 0 Å². The van der Waals surface area contributed by atoms with Gasteiger partial charge in [0.1, 0.15) is 11.3 Å². The summed E-state index contributed by atoms with van der Waals surface area (Å²) in [7, 11) is 0. The summed E-state index contributed by atoms with van der Waals surface area (Å²) in [6.45, 7) is 6.01. The van der Waals surface area contributed by atoms with Gasteiger partial charge in [-0.25, -0.2) is 9.67 Å². The van der Waals surface area contributed by atoms with Crippen molar-refractivity contribution in [3.8, 4) is 0 Å². The van der Waals surface area contributed by atoms with Gasteiger partial charge in [0.05, 0.1) is 11.6 Å². The lowest BCUT2D eigenvalue weighted by molar-refractivity contribution is 0.320. The summed E-state index contributed by atoms with van der Waals surface area (Å²) in [6, 6.07) is 0. The fourth-order valence-corrected chi connectivity index (χ4v) is 4.20. The number of aryl methyl sites for hydroxylation is 2. The van der Waals surface area contributed by atoms with Gasteiger partial charge in [0.15, 0.2) is 5.65 Å². The molecule has 1 fully saturated rings. The van der Waals surface area contributed by atoms with Gasteiger partial charge in [0.2, 0.25) is 0 Å². The Bertz CT molecular complexity index is 621. The van der Waals surface area contributed by atoms with Crippen LogP contribution >= 0.6 is 23.4 Å². The molecule has 2 heterocycles. The summed E-state index contributed by atoms with van der Waals surface area (Å²) in [5.41, 5.74) is 3.15. The topological polar surface area (TPSA) is 35.6 Å². The van der Waals surface area contributed by atoms with Crippen LogP contribution in [0, 0.1) is 6.92 Å². The van der Waals surface area contributed by atoms with Gasteiger partial charge >= 0.3 is 0 Å². The van der Waals surface area contributed by atoms with Crippen molar-refractivity contribution >= 4 is 34.5 Å². The van der Waals surface area contributed by atoms with Crippen molar-refractivity contribution in [1.82, 2.24) is 19.3 Å². The molecular formula is C14H21ClN4S. The highest BCUT2D eigenvalue weighted by Crippen LogP contribution is 2.44. The number of nitrogens with zero attached hydrogens (tertiary/aromatic N) is 4. The number of fused-ring (bicyclic) bond motifs is 1. The van der Waals surface area contributed by atoms with E-state index >= 15 is 0 Å². The van der Waals surface area contributed by atoms with E-state index in [1.54, 1.807) is 0 Å². The molecule has 110 valence electrons. The molecule has 2 aromatic rings. The number of hydrogen-bond donors (Lipinski definition) is 0. The zero-order valence-corrected chi connectivity index (χ0v) is 13.9. The summed E-state index contributed by atoms with van der Waals surface area (Å²) in [5, 5.41) is 4.59. The van der Waals surface area contributed by atoms with Crippen LogP contribution in [0.2, 0.25) is 0 Å². The second-order valence-electron chi connectivity index (χ2n) is 5.56. The highest BCUT2D eigenvalue weighted by Gasteiger charge is 2.37. The molecule has 0 unspecified atom stereocenters. The Morgan fingerprint density at radius 2 is 2.15 bits per heavy atom. The zero-order valence-electron chi connectivity index (χ0n) is 12.3. The number of thioether (sulfide) groups is 1. The first-order chi connectivity index (χ1) is 9.64. The average Bonchev–Trinajstić information content (AvgIpc) is 2.92. The van der Waals surface area contributed by atoms with E-state index < -0.39 is 0 Å². The number of hydrogen-bond acceptors (Lipinski definition) is 3. The standard InChI is InChI=1S/C14H21ClN4S/c1-4-19-13-12(10(2)17-19)16-11(8-15)18(13)9-14(20-3)6-5-7-14/h4-9H2,1-3H3. The molecule has 6 heteroatoms. The molecule has 1 aliphatic rings. The molecule has 0 bridgehead atoms. The summed E-state index contributed by atoms with van der Waals surface area (Å²) in [5.74, 6) is 1.44. The number of halogens is 1. The predicted octanol–water partition coefficient (Wildman–Crippen LogP) is 3.59. The number of alkyl halides is 1. The number of imidazole rings is 1. The predicted molar refractivity (Wildman–Crippen MR) is 85.6 cm³/mol. The zero-order chi connectivity index (χ0) is 14.3. The maximum absolute atomic E-state index is 6.12. The van der Waals surface area contributed by atoms with Crippen LogP contribution in [-0.2, 0) is 19.0 Å². The van der Waals surface area contributed by atoms with E-state index in [9.17, 15) is 0 Å². The van der Waals surface area contributed by atoms with Crippen LogP contribution in [0.4, 0.5) is 0 Å². The van der Waals surface area contributed by atoms with Crippen LogP contribution in [0.15, 0.2) is 0 Å². The van der Waals surface area contributed by atoms with Crippen molar-refractivity contribution in [1.29, 1.82) is 0 Å². The summed E-state index contributed by atoms with van der Waals surface area (Å²) in [6.07, 6.45) is 6.13. The molecule has 0 spiro atoms. The van der Waals surface area contributed by atoms with E-state index in [4.69, 9.17) is 16.6 Å². The normalized spacial score (nSPS) is 17.6. The molecule has 1 aliphatic carbocycles. The van der Waals surface area contributed by atoms with Crippen molar-refractivity contribution in [2.45, 2.75) is 56.8 Å². The van der Waals surface area contributed by atoms with Gasteiger partial charge < -0.3 is 4.57 Å². The van der Waals surface area contributed by atoms with Crippen molar-refractivity contribution in [3.05, 3.63) is 11.5 Å². The third-order valence-corrected chi connectivity index (χ3v) is 6.08. The number of rotatable bonds is 5. The molecule has 1 saturated carbocycles. The van der Waals surface area contributed by atoms with E-state index in [1.165, 1.54) is 19.3 Å². The largest absolute Gasteiger partial charge is 0.310 e. The van der Waals surface area contributed by atoms with Crippen molar-refractivity contribution < 1.29 is 0 Å². The molecule has 20 heavy (non-hydrogen) atoms. The fourth-order valence-electron chi connectivity index (χ4n) is 3.04. The third kappa shape index (κ3) is 2.06. The number of aromatic nitrogens is 4. The Labute approximate surface area is 128 Å². The van der Waals surface area contributed by atoms with Gasteiger partial charge in [0, 0.05) is 17.8 Å². The Kier molecular flexibility index (Phi) is 3.75. The van der Waals surface area contributed by atoms with Crippen molar-refractivity contribution in [2.24, 2.45) is 0 Å². The second kappa shape index (κ2) is 5.26. The van der Waals surface area contributed by atoms with Crippen LogP contribution < -0.4 is 0 Å². The highest BCUT2D eigenvalue weighted by atomic mass is 35.5. The Hall–Kier alpha value is -0.680. The van der Waals surface area contributed by atoms with Crippen LogP contribution in [-0.4, -0.2) is 30.3 Å². The molecular weight excluding hydrogens is 292 g/mol. The first kappa shape index (κ1) is 14.3. The third-order valence-electron chi connectivity index (χ3n) is 4.44. The van der Waals surface area contributed by atoms with Crippen molar-refractivity contribution in [3.63, 3.8) is 0 Å². The summed E-state index contributed by atoms with van der Waals surface area (Å²) < 4.78 is 4.73. The van der Waals surface area contributed by atoms with Crippen LogP contribution in [0.3, 0.4) is 0 Å². The molecule has 0 N–H and O–H groups in total. The molecule has 3 rings (SSSR count). The molecule has 0 atom stereocenters. The van der Waals surface area contributed by atoms with Gasteiger partial charge in [-0.1, -0.05) is 6.42 Å². The molecule has 0 radical (unpaired) electrons. The molecule has 2 aromatic heterocycles. The van der Waals surface area contributed by atoms with E-state index in [2.05, 4.69) is 27.5 Å². The molecule has 0 amide bonds. The van der Waals surface area contributed by atoms with Crippen LogP contribution in [0.25, 0.3) is 11.2 Å². The molecule has 0 saturated heterocycles. The highest BCUT2D eigenvalue weighted by molar-refractivity contribution is 8.00. The smallest absolute Gasteiger partial charge is 0.159 e. The minimum Gasteiger partial charge on any atom is -0.310 e. The minimum atomic E-state index is 0.366. The Morgan fingerprint density at radius 3 is 2.65 bits per heavy atom. The summed E-state index contributed by atoms with van der Waals surface area (Å²) >= 11 is 8.11. The Balaban J connectivity index is 2.11. The first-order valence-corrected chi connectivity index (χ1v) is 8.93. The lowest BCUT2D eigenvalue weighted by Crippen LogP contribution is -2.38. The van der Waals surface area contributed by atoms with E-state index in [1.807, 2.05) is 18.7 Å². The quantitative estimate of drug-likeness (QED) is 0.792. The van der Waals surface area contributed by atoms with E-state index in [0.717, 1.165) is 35.8 Å². The van der Waals surface area contributed by atoms with Gasteiger partial charge in [0.25, 0.3) is 0 Å². The fraction of sp³-hybridized carbons (Fsp3) is 0.714. The van der Waals surface area contributed by atoms with Gasteiger partial charge in [-0.05, 0) is 32.9 Å². The van der Waals surface area contributed by atoms with Gasteiger partial charge in [-0.3, -0.25) is 0 Å². The molecule has 0 aromatic carbocycles. The Morgan fingerprint density at radius 1 is 1.40 bits per heavy atom. The van der Waals surface area contributed by atoms with Crippen LogP contribution in [0.1, 0.15) is 37.7 Å². The monoisotopic (exact) mass is 312 g/mol. The minimum absolute atomic E-state index is 0.366. The lowest BCUT2D eigenvalue weighted by Gasteiger charge is -2.41. The lowest BCUT2D eigenvalue weighted by atomic mass is 9.84. The maximum Gasteiger partial charge on any atom is 0.159 e. The average molecular weight is 313 g/mol. The van der Waals surface area contributed by atoms with E-state index in [-0.39, 0.29) is 0 Å². The SMILES string of the molecule is CCn1nc(C)c2nc(CCl)n(CC3(SC)CCC3)c21.